The van der Waals surface area contributed by atoms with Gasteiger partial charge in [0.25, 0.3) is 5.56 Å². The average molecular weight is 309 g/mol. The molecule has 0 unspecified atom stereocenters. The van der Waals surface area contributed by atoms with E-state index in [4.69, 9.17) is 5.11 Å². The zero-order valence-electron chi connectivity index (χ0n) is 12.5. The number of H-pyrrole nitrogens is 1. The Labute approximate surface area is 125 Å². The molecule has 0 radical (unpaired) electrons. The first kappa shape index (κ1) is 15.8. The summed E-state index contributed by atoms with van der Waals surface area (Å²) < 4.78 is 3.00. The van der Waals surface area contributed by atoms with Gasteiger partial charge in [0, 0.05) is 26.6 Å². The van der Waals surface area contributed by atoms with Crippen LogP contribution in [-0.2, 0) is 18.4 Å². The molecule has 2 aromatic heterocycles. The molecule has 22 heavy (non-hydrogen) atoms. The molecule has 0 aromatic carbocycles. The van der Waals surface area contributed by atoms with Crippen molar-refractivity contribution in [2.45, 2.75) is 32.7 Å². The first-order chi connectivity index (χ1) is 10.5. The van der Waals surface area contributed by atoms with Crippen molar-refractivity contribution in [3.63, 3.8) is 0 Å². The van der Waals surface area contributed by atoms with Gasteiger partial charge in [0.15, 0.2) is 11.2 Å². The summed E-state index contributed by atoms with van der Waals surface area (Å²) >= 11 is 0. The molecule has 0 atom stereocenters. The monoisotopic (exact) mass is 309 g/mol. The largest absolute Gasteiger partial charge is 0.481 e. The van der Waals surface area contributed by atoms with Crippen LogP contribution in [0.2, 0.25) is 0 Å². The van der Waals surface area contributed by atoms with Crippen LogP contribution in [0, 0.1) is 0 Å². The number of anilines is 1. The van der Waals surface area contributed by atoms with Crippen LogP contribution >= 0.6 is 0 Å². The summed E-state index contributed by atoms with van der Waals surface area (Å²) in [6.45, 7) is 2.80. The number of fused-ring (bicyclic) bond motifs is 1. The van der Waals surface area contributed by atoms with Gasteiger partial charge in [0.1, 0.15) is 0 Å². The zero-order valence-corrected chi connectivity index (χ0v) is 12.5. The topological polar surface area (TPSA) is 122 Å². The molecule has 0 aliphatic rings. The molecule has 2 aromatic rings. The molecule has 0 saturated carbocycles. The van der Waals surface area contributed by atoms with E-state index in [0.29, 0.717) is 36.6 Å². The minimum absolute atomic E-state index is 0.0536. The van der Waals surface area contributed by atoms with Gasteiger partial charge in [-0.3, -0.25) is 19.1 Å². The Kier molecular flexibility index (Phi) is 4.64. The molecule has 0 spiro atoms. The first-order valence-corrected chi connectivity index (χ1v) is 7.11. The molecule has 0 bridgehead atoms. The van der Waals surface area contributed by atoms with Gasteiger partial charge in [-0.15, -0.1) is 0 Å². The molecule has 0 amide bonds. The van der Waals surface area contributed by atoms with Gasteiger partial charge in [-0.1, -0.05) is 6.92 Å². The van der Waals surface area contributed by atoms with Crippen LogP contribution in [-0.4, -0.2) is 36.7 Å². The number of aliphatic carboxylic acids is 1. The number of hydrogen-bond donors (Lipinski definition) is 3. The van der Waals surface area contributed by atoms with Crippen LogP contribution in [0.15, 0.2) is 9.59 Å². The van der Waals surface area contributed by atoms with E-state index in [-0.39, 0.29) is 6.42 Å². The van der Waals surface area contributed by atoms with Crippen molar-refractivity contribution in [1.29, 1.82) is 0 Å². The van der Waals surface area contributed by atoms with E-state index in [1.807, 2.05) is 6.92 Å². The summed E-state index contributed by atoms with van der Waals surface area (Å²) in [5.74, 6) is -0.429. The maximum atomic E-state index is 12.0. The van der Waals surface area contributed by atoms with E-state index in [9.17, 15) is 14.4 Å². The van der Waals surface area contributed by atoms with Crippen molar-refractivity contribution in [1.82, 2.24) is 19.1 Å². The van der Waals surface area contributed by atoms with E-state index in [1.165, 1.54) is 4.57 Å². The van der Waals surface area contributed by atoms with Crippen molar-refractivity contribution in [2.24, 2.45) is 7.05 Å². The smallest absolute Gasteiger partial charge is 0.330 e. The van der Waals surface area contributed by atoms with Crippen LogP contribution in [0.3, 0.4) is 0 Å². The molecule has 0 aliphatic heterocycles. The SMILES string of the molecule is CCCn1c(=O)[nH]c(=O)c2c1nc(NCCCC(=O)O)n2C. The third-order valence-electron chi connectivity index (χ3n) is 3.31. The Morgan fingerprint density at radius 3 is 2.77 bits per heavy atom. The number of aryl methyl sites for hydroxylation is 2. The van der Waals surface area contributed by atoms with Gasteiger partial charge in [0.05, 0.1) is 0 Å². The molecule has 0 aliphatic carbocycles. The second kappa shape index (κ2) is 6.46. The van der Waals surface area contributed by atoms with Crippen molar-refractivity contribution in [2.75, 3.05) is 11.9 Å². The molecule has 2 rings (SSSR count). The van der Waals surface area contributed by atoms with Gasteiger partial charge in [-0.25, -0.2) is 4.79 Å². The Balaban J connectivity index is 2.37. The highest BCUT2D eigenvalue weighted by atomic mass is 16.4. The van der Waals surface area contributed by atoms with E-state index in [2.05, 4.69) is 15.3 Å². The number of aromatic nitrogens is 4. The Morgan fingerprint density at radius 1 is 1.41 bits per heavy atom. The average Bonchev–Trinajstić information content (AvgIpc) is 2.77. The predicted octanol–water partition coefficient (Wildman–Crippen LogP) is 0.110. The second-order valence-corrected chi connectivity index (χ2v) is 5.00. The van der Waals surface area contributed by atoms with Gasteiger partial charge in [-0.2, -0.15) is 4.98 Å². The zero-order chi connectivity index (χ0) is 16.3. The highest BCUT2D eigenvalue weighted by Crippen LogP contribution is 2.13. The van der Waals surface area contributed by atoms with E-state index >= 15 is 0 Å². The highest BCUT2D eigenvalue weighted by Gasteiger charge is 2.15. The standard InChI is InChI=1S/C13H19N5O4/c1-3-7-18-10-9(11(21)16-13(18)22)17(2)12(15-10)14-6-4-5-8(19)20/h3-7H2,1-2H3,(H,14,15)(H,19,20)(H,16,21,22). The number of carboxylic acid groups (broad SMARTS) is 1. The summed E-state index contributed by atoms with van der Waals surface area (Å²) in [5, 5.41) is 11.6. The van der Waals surface area contributed by atoms with Gasteiger partial charge in [0.2, 0.25) is 5.95 Å². The molecule has 2 heterocycles. The summed E-state index contributed by atoms with van der Waals surface area (Å²) in [5.41, 5.74) is -0.316. The van der Waals surface area contributed by atoms with Crippen molar-refractivity contribution >= 4 is 23.1 Å². The number of carbonyl (C=O) groups is 1. The predicted molar refractivity (Wildman–Crippen MR) is 81.2 cm³/mol. The summed E-state index contributed by atoms with van der Waals surface area (Å²) in [7, 11) is 1.67. The van der Waals surface area contributed by atoms with Crippen LogP contribution in [0.25, 0.3) is 11.2 Å². The fourth-order valence-electron chi connectivity index (χ4n) is 2.28. The van der Waals surface area contributed by atoms with Crippen molar-refractivity contribution < 1.29 is 9.90 Å². The van der Waals surface area contributed by atoms with Crippen LogP contribution in [0.4, 0.5) is 5.95 Å². The molecule has 9 nitrogen and oxygen atoms in total. The third-order valence-corrected chi connectivity index (χ3v) is 3.31. The lowest BCUT2D eigenvalue weighted by atomic mass is 10.3. The van der Waals surface area contributed by atoms with Crippen LogP contribution < -0.4 is 16.6 Å². The normalized spacial score (nSPS) is 11.0. The van der Waals surface area contributed by atoms with Crippen molar-refractivity contribution in [3.05, 3.63) is 20.8 Å². The fourth-order valence-corrected chi connectivity index (χ4v) is 2.28. The number of carboxylic acids is 1. The van der Waals surface area contributed by atoms with E-state index < -0.39 is 17.2 Å². The molecule has 3 N–H and O–H groups in total. The number of rotatable bonds is 7. The lowest BCUT2D eigenvalue weighted by molar-refractivity contribution is -0.137. The van der Waals surface area contributed by atoms with Gasteiger partial charge >= 0.3 is 11.7 Å². The summed E-state index contributed by atoms with van der Waals surface area (Å²) in [6.07, 6.45) is 1.23. The number of imidazole rings is 1. The minimum Gasteiger partial charge on any atom is -0.481 e. The fraction of sp³-hybridized carbons (Fsp3) is 0.538. The van der Waals surface area contributed by atoms with Crippen LogP contribution in [0.5, 0.6) is 0 Å². The minimum atomic E-state index is -0.861. The molecule has 9 heteroatoms. The maximum Gasteiger partial charge on any atom is 0.330 e. The Hall–Kier alpha value is -2.58. The van der Waals surface area contributed by atoms with E-state index in [0.717, 1.165) is 6.42 Å². The molecule has 120 valence electrons. The summed E-state index contributed by atoms with van der Waals surface area (Å²) in [4.78, 5) is 40.9. The number of nitrogens with one attached hydrogen (secondary N) is 2. The Bertz CT molecular complexity index is 801. The lowest BCUT2D eigenvalue weighted by Gasteiger charge is -2.04. The van der Waals surface area contributed by atoms with Gasteiger partial charge in [-0.05, 0) is 12.8 Å². The highest BCUT2D eigenvalue weighted by molar-refractivity contribution is 5.74. The Morgan fingerprint density at radius 2 is 2.14 bits per heavy atom. The third kappa shape index (κ3) is 3.02. The summed E-state index contributed by atoms with van der Waals surface area (Å²) in [6, 6.07) is 0. The molecule has 0 saturated heterocycles. The quantitative estimate of drug-likeness (QED) is 0.624. The lowest BCUT2D eigenvalue weighted by Crippen LogP contribution is -2.30. The number of nitrogens with zero attached hydrogens (tertiary/aromatic N) is 3. The van der Waals surface area contributed by atoms with Crippen LogP contribution in [0.1, 0.15) is 26.2 Å². The molecular formula is C13H19N5O4. The first-order valence-electron chi connectivity index (χ1n) is 7.11. The van der Waals surface area contributed by atoms with E-state index in [1.54, 1.807) is 11.6 Å². The maximum absolute atomic E-state index is 12.0. The second-order valence-electron chi connectivity index (χ2n) is 5.00. The molecule has 0 fully saturated rings. The number of hydrogen-bond acceptors (Lipinski definition) is 5. The van der Waals surface area contributed by atoms with Crippen molar-refractivity contribution in [3.8, 4) is 0 Å². The number of aromatic amines is 1. The van der Waals surface area contributed by atoms with Gasteiger partial charge < -0.3 is 15.0 Å². The molecular weight excluding hydrogens is 290 g/mol.